The summed E-state index contributed by atoms with van der Waals surface area (Å²) in [5.74, 6) is 6.58. The number of benzene rings is 1. The van der Waals surface area contributed by atoms with Gasteiger partial charge in [-0.05, 0) is 28.7 Å². The van der Waals surface area contributed by atoms with Gasteiger partial charge in [0.15, 0.2) is 11.6 Å². The molecule has 4 nitrogen and oxygen atoms in total. The molecule has 106 valence electrons. The number of ether oxygens (including phenoxy) is 1. The molecule has 0 fully saturated rings. The summed E-state index contributed by atoms with van der Waals surface area (Å²) < 4.78 is 5.73. The minimum atomic E-state index is 0.166. The van der Waals surface area contributed by atoms with E-state index in [1.165, 1.54) is 5.56 Å². The topological polar surface area (TPSA) is 60.2 Å². The highest BCUT2D eigenvalue weighted by atomic mass is 16.5. The van der Waals surface area contributed by atoms with Gasteiger partial charge in [0, 0.05) is 6.20 Å². The van der Waals surface area contributed by atoms with Crippen molar-refractivity contribution < 1.29 is 4.74 Å². The highest BCUT2D eigenvalue weighted by Crippen LogP contribution is 2.24. The van der Waals surface area contributed by atoms with Gasteiger partial charge < -0.3 is 10.2 Å². The lowest BCUT2D eigenvalue weighted by Crippen LogP contribution is -2.11. The van der Waals surface area contributed by atoms with Crippen LogP contribution in [0.15, 0.2) is 42.6 Å². The molecule has 1 aromatic heterocycles. The van der Waals surface area contributed by atoms with E-state index in [0.717, 1.165) is 5.56 Å². The van der Waals surface area contributed by atoms with Gasteiger partial charge in [-0.1, -0.05) is 45.0 Å². The number of nitrogen functional groups attached to an aromatic ring is 1. The third kappa shape index (κ3) is 3.48. The maximum Gasteiger partial charge on any atom is 0.182 e. The number of anilines is 1. The average Bonchev–Trinajstić information content (AvgIpc) is 2.45. The fourth-order valence-corrected chi connectivity index (χ4v) is 1.88. The van der Waals surface area contributed by atoms with Crippen LogP contribution in [0.5, 0.6) is 5.75 Å². The maximum absolute atomic E-state index is 5.73. The number of hydrazine groups is 1. The summed E-state index contributed by atoms with van der Waals surface area (Å²) in [7, 11) is 0. The number of aromatic nitrogens is 1. The molecule has 3 N–H and O–H groups in total. The van der Waals surface area contributed by atoms with Crippen LogP contribution in [-0.2, 0) is 12.0 Å². The summed E-state index contributed by atoms with van der Waals surface area (Å²) in [6.07, 6.45) is 1.67. The molecule has 0 saturated heterocycles. The predicted octanol–water partition coefficient (Wildman–Crippen LogP) is 3.24. The van der Waals surface area contributed by atoms with Gasteiger partial charge in [0.1, 0.15) is 6.61 Å². The van der Waals surface area contributed by atoms with Gasteiger partial charge in [-0.25, -0.2) is 10.8 Å². The zero-order valence-electron chi connectivity index (χ0n) is 12.2. The number of rotatable bonds is 4. The van der Waals surface area contributed by atoms with Crippen molar-refractivity contribution in [3.05, 3.63) is 53.7 Å². The van der Waals surface area contributed by atoms with Crippen molar-refractivity contribution in [3.63, 3.8) is 0 Å². The van der Waals surface area contributed by atoms with E-state index in [1.54, 1.807) is 6.20 Å². The Morgan fingerprint density at radius 1 is 1.15 bits per heavy atom. The quantitative estimate of drug-likeness (QED) is 0.662. The third-order valence-electron chi connectivity index (χ3n) is 3.12. The molecule has 0 amide bonds. The van der Waals surface area contributed by atoms with Crippen LogP contribution in [0.4, 0.5) is 5.82 Å². The third-order valence-corrected chi connectivity index (χ3v) is 3.12. The molecule has 0 aliphatic carbocycles. The first-order valence-electron chi connectivity index (χ1n) is 6.64. The Bertz CT molecular complexity index is 559. The van der Waals surface area contributed by atoms with Crippen LogP contribution in [0.2, 0.25) is 0 Å². The minimum Gasteiger partial charge on any atom is -0.485 e. The largest absolute Gasteiger partial charge is 0.485 e. The Hall–Kier alpha value is -2.07. The Labute approximate surface area is 120 Å². The van der Waals surface area contributed by atoms with E-state index in [9.17, 15) is 0 Å². The number of nitrogens with two attached hydrogens (primary N) is 1. The van der Waals surface area contributed by atoms with Crippen molar-refractivity contribution in [2.75, 3.05) is 5.43 Å². The van der Waals surface area contributed by atoms with Crippen LogP contribution in [0.3, 0.4) is 0 Å². The second-order valence-corrected chi connectivity index (χ2v) is 5.73. The second-order valence-electron chi connectivity index (χ2n) is 5.73. The van der Waals surface area contributed by atoms with Crippen molar-refractivity contribution in [2.24, 2.45) is 5.84 Å². The molecule has 0 unspecified atom stereocenters. The van der Waals surface area contributed by atoms with Crippen LogP contribution >= 0.6 is 0 Å². The van der Waals surface area contributed by atoms with E-state index in [2.05, 4.69) is 55.4 Å². The van der Waals surface area contributed by atoms with Gasteiger partial charge >= 0.3 is 0 Å². The highest BCUT2D eigenvalue weighted by Gasteiger charge is 2.12. The average molecular weight is 271 g/mol. The SMILES string of the molecule is CC(C)(C)c1ccc(COc2cccnc2NN)cc1. The van der Waals surface area contributed by atoms with E-state index in [-0.39, 0.29) is 5.41 Å². The van der Waals surface area contributed by atoms with Crippen LogP contribution in [-0.4, -0.2) is 4.98 Å². The van der Waals surface area contributed by atoms with E-state index in [4.69, 9.17) is 10.6 Å². The van der Waals surface area contributed by atoms with Gasteiger partial charge in [0.05, 0.1) is 0 Å². The lowest BCUT2D eigenvalue weighted by Gasteiger charge is -2.19. The smallest absolute Gasteiger partial charge is 0.182 e. The lowest BCUT2D eigenvalue weighted by atomic mass is 9.87. The molecule has 0 bridgehead atoms. The van der Waals surface area contributed by atoms with Crippen molar-refractivity contribution in [1.82, 2.24) is 4.98 Å². The number of nitrogens with one attached hydrogen (secondary N) is 1. The Kier molecular flexibility index (Phi) is 4.25. The molecular formula is C16H21N3O. The van der Waals surface area contributed by atoms with Crippen LogP contribution in [0, 0.1) is 0 Å². The first-order valence-corrected chi connectivity index (χ1v) is 6.64. The van der Waals surface area contributed by atoms with E-state index >= 15 is 0 Å². The van der Waals surface area contributed by atoms with Gasteiger partial charge in [-0.3, -0.25) is 0 Å². The summed E-state index contributed by atoms with van der Waals surface area (Å²) in [5, 5.41) is 0. The van der Waals surface area contributed by atoms with Crippen LogP contribution < -0.4 is 16.0 Å². The Balaban J connectivity index is 2.04. The summed E-state index contributed by atoms with van der Waals surface area (Å²) >= 11 is 0. The number of hydrogen-bond donors (Lipinski definition) is 2. The second kappa shape index (κ2) is 5.92. The molecule has 4 heteroatoms. The van der Waals surface area contributed by atoms with Crippen molar-refractivity contribution in [1.29, 1.82) is 0 Å². The molecule has 2 aromatic rings. The number of pyridine rings is 1. The zero-order valence-corrected chi connectivity index (χ0v) is 12.2. The molecule has 0 saturated carbocycles. The first-order chi connectivity index (χ1) is 9.50. The van der Waals surface area contributed by atoms with Gasteiger partial charge in [0.25, 0.3) is 0 Å². The molecule has 20 heavy (non-hydrogen) atoms. The molecule has 0 aliphatic heterocycles. The maximum atomic E-state index is 5.73. The van der Waals surface area contributed by atoms with Gasteiger partial charge in [0.2, 0.25) is 0 Å². The fourth-order valence-electron chi connectivity index (χ4n) is 1.88. The van der Waals surface area contributed by atoms with E-state index in [1.807, 2.05) is 12.1 Å². The standard InChI is InChI=1S/C16H21N3O/c1-16(2,3)13-8-6-12(7-9-13)11-20-14-5-4-10-18-15(14)19-17/h4-10H,11,17H2,1-3H3,(H,18,19). The molecule has 1 heterocycles. The molecule has 0 radical (unpaired) electrons. The number of nitrogens with zero attached hydrogens (tertiary/aromatic N) is 1. The highest BCUT2D eigenvalue weighted by molar-refractivity contribution is 5.48. The molecule has 1 aromatic carbocycles. The lowest BCUT2D eigenvalue weighted by molar-refractivity contribution is 0.306. The Morgan fingerprint density at radius 3 is 2.45 bits per heavy atom. The van der Waals surface area contributed by atoms with Crippen molar-refractivity contribution in [3.8, 4) is 5.75 Å². The van der Waals surface area contributed by atoms with Crippen molar-refractivity contribution >= 4 is 5.82 Å². The number of hydrogen-bond acceptors (Lipinski definition) is 4. The molecular weight excluding hydrogens is 250 g/mol. The van der Waals surface area contributed by atoms with Crippen LogP contribution in [0.25, 0.3) is 0 Å². The van der Waals surface area contributed by atoms with Crippen LogP contribution in [0.1, 0.15) is 31.9 Å². The van der Waals surface area contributed by atoms with E-state index in [0.29, 0.717) is 18.2 Å². The van der Waals surface area contributed by atoms with Crippen molar-refractivity contribution in [2.45, 2.75) is 32.8 Å². The predicted molar refractivity (Wildman–Crippen MR) is 81.5 cm³/mol. The normalized spacial score (nSPS) is 11.2. The van der Waals surface area contributed by atoms with E-state index < -0.39 is 0 Å². The first kappa shape index (κ1) is 14.3. The zero-order chi connectivity index (χ0) is 14.6. The molecule has 2 rings (SSSR count). The monoisotopic (exact) mass is 271 g/mol. The molecule has 0 aliphatic rings. The van der Waals surface area contributed by atoms with Gasteiger partial charge in [-0.15, -0.1) is 0 Å². The summed E-state index contributed by atoms with van der Waals surface area (Å²) in [6, 6.07) is 12.1. The molecule has 0 atom stereocenters. The fraction of sp³-hybridized carbons (Fsp3) is 0.312. The summed E-state index contributed by atoms with van der Waals surface area (Å²) in [5.41, 5.74) is 5.12. The summed E-state index contributed by atoms with van der Waals surface area (Å²) in [6.45, 7) is 7.10. The van der Waals surface area contributed by atoms with Gasteiger partial charge in [-0.2, -0.15) is 0 Å². The minimum absolute atomic E-state index is 0.166. The molecule has 0 spiro atoms. The summed E-state index contributed by atoms with van der Waals surface area (Å²) in [4.78, 5) is 4.09. The Morgan fingerprint density at radius 2 is 1.85 bits per heavy atom.